The molecule has 220 valence electrons. The van der Waals surface area contributed by atoms with Crippen LogP contribution in [0.5, 0.6) is 0 Å². The van der Waals surface area contributed by atoms with Crippen LogP contribution in [-0.4, -0.2) is 58.9 Å². The van der Waals surface area contributed by atoms with Crippen LogP contribution in [0.15, 0.2) is 48.5 Å². The number of ketones is 2. The predicted octanol–water partition coefficient (Wildman–Crippen LogP) is 4.43. The van der Waals surface area contributed by atoms with Gasteiger partial charge in [-0.15, -0.1) is 0 Å². The van der Waals surface area contributed by atoms with Gasteiger partial charge in [0.25, 0.3) is 11.9 Å². The van der Waals surface area contributed by atoms with Gasteiger partial charge in [-0.1, -0.05) is 71.0 Å². The van der Waals surface area contributed by atoms with Crippen molar-refractivity contribution >= 4 is 30.6 Å². The summed E-state index contributed by atoms with van der Waals surface area (Å²) in [6.07, 6.45) is -1.75. The highest BCUT2D eigenvalue weighted by Crippen LogP contribution is 2.32. The quantitative estimate of drug-likeness (QED) is 0.362. The van der Waals surface area contributed by atoms with Crippen molar-refractivity contribution in [2.24, 2.45) is 11.3 Å². The van der Waals surface area contributed by atoms with E-state index in [4.69, 9.17) is 9.31 Å². The van der Waals surface area contributed by atoms with Crippen LogP contribution >= 0.6 is 0 Å². The number of rotatable bonds is 12. The van der Waals surface area contributed by atoms with Gasteiger partial charge in [-0.25, -0.2) is 4.98 Å². The summed E-state index contributed by atoms with van der Waals surface area (Å²) >= 11 is 0. The highest BCUT2D eigenvalue weighted by molar-refractivity contribution is 6.50. The molecule has 0 bridgehead atoms. The molecule has 0 aliphatic carbocycles. The number of nitrogens with zero attached hydrogens (tertiary/aromatic N) is 1. The van der Waals surface area contributed by atoms with Crippen molar-refractivity contribution in [3.8, 4) is 11.3 Å². The van der Waals surface area contributed by atoms with E-state index < -0.39 is 48.8 Å². The number of pyridine rings is 1. The molecule has 1 fully saturated rings. The third kappa shape index (κ3) is 9.61. The van der Waals surface area contributed by atoms with Gasteiger partial charge in [-0.2, -0.15) is 0 Å². The average molecular weight is 564 g/mol. The van der Waals surface area contributed by atoms with E-state index in [0.717, 1.165) is 5.56 Å². The van der Waals surface area contributed by atoms with E-state index in [9.17, 15) is 24.3 Å². The summed E-state index contributed by atoms with van der Waals surface area (Å²) in [5.41, 5.74) is 1.27. The van der Waals surface area contributed by atoms with Gasteiger partial charge in [0.1, 0.15) is 17.8 Å². The number of aromatic nitrogens is 1. The van der Waals surface area contributed by atoms with Crippen molar-refractivity contribution in [2.45, 2.75) is 91.3 Å². The Morgan fingerprint density at radius 3 is 2.37 bits per heavy atom. The van der Waals surface area contributed by atoms with E-state index in [1.807, 2.05) is 65.0 Å². The van der Waals surface area contributed by atoms with Gasteiger partial charge in [0.05, 0.1) is 18.2 Å². The fraction of sp³-hybridized carbons (Fsp3) is 0.516. The Kier molecular flexibility index (Phi) is 11.0. The fourth-order valence-electron chi connectivity index (χ4n) is 4.90. The standard InChI is InChI=1S/C31H41BN2O7/c1-19(2)15-22(32-40-27(17-28(38)41-32)26(37)18-31(4,5)6)16-25(36)29(20(3)35)34-30(39)24-14-10-13-23(33-24)21-11-8-7-9-12-21/h7-14,19-20,22,27,29,35H,15-18H2,1-6H3,(H,34,39)/t20-,22-,27-,29+/m1/s1. The Balaban J connectivity index is 1.75. The Hall–Kier alpha value is -3.37. The molecule has 4 atom stereocenters. The second kappa shape index (κ2) is 14.0. The molecule has 2 heterocycles. The smallest absolute Gasteiger partial charge is 0.509 e. The van der Waals surface area contributed by atoms with Gasteiger partial charge in [-0.3, -0.25) is 19.2 Å². The Morgan fingerprint density at radius 2 is 1.76 bits per heavy atom. The maximum absolute atomic E-state index is 13.5. The Labute approximate surface area is 242 Å². The van der Waals surface area contributed by atoms with Crippen LogP contribution in [0.25, 0.3) is 11.3 Å². The van der Waals surface area contributed by atoms with Crippen molar-refractivity contribution in [1.29, 1.82) is 0 Å². The van der Waals surface area contributed by atoms with E-state index in [2.05, 4.69) is 10.3 Å². The molecule has 0 saturated carbocycles. The number of benzene rings is 1. The van der Waals surface area contributed by atoms with E-state index >= 15 is 0 Å². The number of carbonyl (C=O) groups is 4. The molecule has 0 radical (unpaired) electrons. The molecular formula is C31H41BN2O7. The molecule has 0 spiro atoms. The van der Waals surface area contributed by atoms with Gasteiger partial charge in [0.2, 0.25) is 0 Å². The van der Waals surface area contributed by atoms with Gasteiger partial charge in [0.15, 0.2) is 11.6 Å². The summed E-state index contributed by atoms with van der Waals surface area (Å²) in [5, 5.41) is 13.1. The van der Waals surface area contributed by atoms with E-state index in [1.165, 1.54) is 13.0 Å². The van der Waals surface area contributed by atoms with Crippen LogP contribution in [0.3, 0.4) is 0 Å². The van der Waals surface area contributed by atoms with Gasteiger partial charge < -0.3 is 19.7 Å². The first kappa shape index (κ1) is 32.2. The molecule has 1 saturated heterocycles. The first-order valence-electron chi connectivity index (χ1n) is 14.1. The number of aliphatic hydroxyl groups excluding tert-OH is 1. The minimum Gasteiger partial charge on any atom is -0.509 e. The number of carbonyl (C=O) groups excluding carboxylic acids is 4. The average Bonchev–Trinajstić information content (AvgIpc) is 2.90. The van der Waals surface area contributed by atoms with Gasteiger partial charge >= 0.3 is 7.12 Å². The van der Waals surface area contributed by atoms with Crippen LogP contribution in [0, 0.1) is 11.3 Å². The number of hydrogen-bond acceptors (Lipinski definition) is 8. The van der Waals surface area contributed by atoms with Crippen LogP contribution in [0.1, 0.15) is 77.7 Å². The maximum Gasteiger partial charge on any atom is 0.531 e. The molecule has 1 amide bonds. The molecule has 0 unspecified atom stereocenters. The molecule has 2 aromatic rings. The molecule has 1 aliphatic rings. The zero-order valence-electron chi connectivity index (χ0n) is 24.8. The largest absolute Gasteiger partial charge is 0.531 e. The highest BCUT2D eigenvalue weighted by Gasteiger charge is 2.45. The molecule has 1 aromatic carbocycles. The van der Waals surface area contributed by atoms with Crippen LogP contribution in [0.4, 0.5) is 0 Å². The summed E-state index contributed by atoms with van der Waals surface area (Å²) in [7, 11) is -1.09. The summed E-state index contributed by atoms with van der Waals surface area (Å²) in [6.45, 7) is 11.1. The molecule has 1 aromatic heterocycles. The highest BCUT2D eigenvalue weighted by atomic mass is 16.6. The minimum atomic E-state index is -1.23. The lowest BCUT2D eigenvalue weighted by atomic mass is 9.64. The lowest BCUT2D eigenvalue weighted by molar-refractivity contribution is -0.149. The van der Waals surface area contributed by atoms with Gasteiger partial charge in [0, 0.05) is 24.2 Å². The molecule has 9 nitrogen and oxygen atoms in total. The first-order valence-corrected chi connectivity index (χ1v) is 14.1. The second-order valence-electron chi connectivity index (χ2n) is 12.4. The molecule has 2 N–H and O–H groups in total. The van der Waals surface area contributed by atoms with Crippen molar-refractivity contribution in [1.82, 2.24) is 10.3 Å². The van der Waals surface area contributed by atoms with Crippen LogP contribution in [0.2, 0.25) is 5.82 Å². The topological polar surface area (TPSA) is 132 Å². The Bertz CT molecular complexity index is 1230. The molecule has 1 aliphatic heterocycles. The number of Topliss-reactive ketones (excluding diaryl/α,β-unsaturated/α-hetero) is 2. The third-order valence-corrected chi connectivity index (χ3v) is 6.75. The number of hydrogen-bond donors (Lipinski definition) is 2. The normalized spacial score (nSPS) is 17.9. The molecule has 10 heteroatoms. The summed E-state index contributed by atoms with van der Waals surface area (Å²) in [4.78, 5) is 56.4. The molecular weight excluding hydrogens is 523 g/mol. The number of aliphatic hydroxyl groups is 1. The summed E-state index contributed by atoms with van der Waals surface area (Å²) in [6, 6.07) is 13.2. The van der Waals surface area contributed by atoms with Crippen molar-refractivity contribution in [3.05, 3.63) is 54.2 Å². The fourth-order valence-corrected chi connectivity index (χ4v) is 4.90. The summed E-state index contributed by atoms with van der Waals surface area (Å²) in [5.74, 6) is -2.25. The SMILES string of the molecule is CC(C)C[C@H](CC(=O)[C@@H](NC(=O)c1cccc(-c2ccccc2)n1)[C@@H](C)O)B1OC(=O)C[C@H](C(=O)CC(C)(C)C)O1. The molecule has 3 rings (SSSR count). The second-order valence-corrected chi connectivity index (χ2v) is 12.4. The predicted molar refractivity (Wildman–Crippen MR) is 156 cm³/mol. The number of nitrogens with one attached hydrogen (secondary N) is 1. The third-order valence-electron chi connectivity index (χ3n) is 6.75. The van der Waals surface area contributed by atoms with Crippen molar-refractivity contribution < 1.29 is 33.6 Å². The van der Waals surface area contributed by atoms with E-state index in [-0.39, 0.29) is 42.1 Å². The zero-order valence-corrected chi connectivity index (χ0v) is 24.8. The lowest BCUT2D eigenvalue weighted by Gasteiger charge is -2.33. The van der Waals surface area contributed by atoms with Crippen LogP contribution < -0.4 is 5.32 Å². The van der Waals surface area contributed by atoms with Crippen molar-refractivity contribution in [2.75, 3.05) is 0 Å². The van der Waals surface area contributed by atoms with Gasteiger partial charge in [-0.05, 0) is 36.8 Å². The van der Waals surface area contributed by atoms with Crippen LogP contribution in [-0.2, 0) is 23.7 Å². The monoisotopic (exact) mass is 564 g/mol. The first-order chi connectivity index (χ1) is 19.2. The maximum atomic E-state index is 13.5. The Morgan fingerprint density at radius 1 is 1.07 bits per heavy atom. The summed E-state index contributed by atoms with van der Waals surface area (Å²) < 4.78 is 11.5. The van der Waals surface area contributed by atoms with E-state index in [0.29, 0.717) is 12.1 Å². The van der Waals surface area contributed by atoms with Crippen molar-refractivity contribution in [3.63, 3.8) is 0 Å². The molecule has 41 heavy (non-hydrogen) atoms. The number of amides is 1. The zero-order chi connectivity index (χ0) is 30.3. The van der Waals surface area contributed by atoms with E-state index in [1.54, 1.807) is 12.1 Å². The lowest BCUT2D eigenvalue weighted by Crippen LogP contribution is -2.50. The minimum absolute atomic E-state index is 0.105.